The van der Waals surface area contributed by atoms with Crippen molar-refractivity contribution < 1.29 is 9.21 Å². The summed E-state index contributed by atoms with van der Waals surface area (Å²) in [6.07, 6.45) is 6.44. The number of halogens is 2. The number of furan rings is 1. The monoisotopic (exact) mass is 544 g/mol. The Morgan fingerprint density at radius 1 is 1.03 bits per heavy atom. The highest BCUT2D eigenvalue weighted by atomic mass is 35.5. The molecule has 0 saturated heterocycles. The van der Waals surface area contributed by atoms with Crippen LogP contribution in [0.4, 0.5) is 5.69 Å². The Bertz CT molecular complexity index is 1630. The van der Waals surface area contributed by atoms with Crippen LogP contribution in [0.3, 0.4) is 0 Å². The van der Waals surface area contributed by atoms with Gasteiger partial charge in [0.25, 0.3) is 0 Å². The number of aromatic nitrogens is 3. The molecule has 8 heteroatoms. The maximum Gasteiger partial charge on any atom is 0.248 e. The zero-order valence-corrected chi connectivity index (χ0v) is 22.6. The molecule has 0 atom stereocenters. The number of unbranched alkanes of at least 4 members (excludes halogenated alkanes) is 1. The number of nitrogens with zero attached hydrogens (tertiary/aromatic N) is 3. The molecule has 0 bridgehead atoms. The molecule has 5 rings (SSSR count). The van der Waals surface area contributed by atoms with E-state index in [2.05, 4.69) is 34.6 Å². The Morgan fingerprint density at radius 3 is 2.55 bits per heavy atom. The summed E-state index contributed by atoms with van der Waals surface area (Å²) in [6.45, 7) is 4.12. The number of carbonyl (C=O) groups excluding carboxylic acids is 1. The van der Waals surface area contributed by atoms with Crippen molar-refractivity contribution in [2.75, 3.05) is 5.32 Å². The van der Waals surface area contributed by atoms with Crippen LogP contribution in [0.5, 0.6) is 0 Å². The molecule has 0 radical (unpaired) electrons. The van der Waals surface area contributed by atoms with Crippen LogP contribution in [0.2, 0.25) is 10.0 Å². The minimum Gasteiger partial charge on any atom is -0.457 e. The lowest BCUT2D eigenvalue weighted by Gasteiger charge is -2.05. The van der Waals surface area contributed by atoms with Gasteiger partial charge >= 0.3 is 0 Å². The van der Waals surface area contributed by atoms with Gasteiger partial charge < -0.3 is 9.73 Å². The van der Waals surface area contributed by atoms with E-state index >= 15 is 0 Å². The largest absolute Gasteiger partial charge is 0.457 e. The maximum absolute atomic E-state index is 12.7. The van der Waals surface area contributed by atoms with Crippen molar-refractivity contribution in [1.29, 1.82) is 0 Å². The SMILES string of the molecule is CCCCc1ccc(-n2nc3cc(C)c(NC(=O)C=Cc4ccc(-c5cccc(Cl)c5Cl)o4)cc3n2)cc1. The van der Waals surface area contributed by atoms with Gasteiger partial charge in [0.1, 0.15) is 22.6 Å². The van der Waals surface area contributed by atoms with E-state index < -0.39 is 0 Å². The van der Waals surface area contributed by atoms with Crippen molar-refractivity contribution in [3.63, 3.8) is 0 Å². The van der Waals surface area contributed by atoms with Crippen molar-refractivity contribution in [2.24, 2.45) is 0 Å². The molecule has 0 spiro atoms. The standard InChI is InChI=1S/C30H26Cl2N4O2/c1-3-4-6-20-9-11-21(12-10-20)36-34-26-17-19(2)25(18-27(26)35-36)33-29(37)16-14-22-13-15-28(38-22)23-7-5-8-24(31)30(23)32/h5,7-18H,3-4,6H2,1-2H3,(H,33,37). The van der Waals surface area contributed by atoms with Gasteiger partial charge in [0.05, 0.1) is 15.7 Å². The third kappa shape index (κ3) is 5.67. The third-order valence-corrected chi connectivity index (χ3v) is 7.03. The predicted molar refractivity (Wildman–Crippen MR) is 154 cm³/mol. The molecule has 5 aromatic rings. The number of anilines is 1. The quantitative estimate of drug-likeness (QED) is 0.199. The summed E-state index contributed by atoms with van der Waals surface area (Å²) in [7, 11) is 0. The average Bonchev–Trinajstić information content (AvgIpc) is 3.55. The van der Waals surface area contributed by atoms with E-state index in [9.17, 15) is 4.79 Å². The van der Waals surface area contributed by atoms with Crippen LogP contribution in [-0.4, -0.2) is 20.9 Å². The number of hydrogen-bond donors (Lipinski definition) is 1. The van der Waals surface area contributed by atoms with Gasteiger partial charge in [0, 0.05) is 17.3 Å². The van der Waals surface area contributed by atoms with Crippen molar-refractivity contribution in [3.8, 4) is 17.0 Å². The number of hydrogen-bond acceptors (Lipinski definition) is 4. The second kappa shape index (κ2) is 11.3. The number of rotatable bonds is 8. The Kier molecular flexibility index (Phi) is 7.63. The van der Waals surface area contributed by atoms with Crippen molar-refractivity contribution >= 4 is 51.9 Å². The molecular weight excluding hydrogens is 519 g/mol. The Morgan fingerprint density at radius 2 is 1.79 bits per heavy atom. The molecule has 2 aromatic heterocycles. The average molecular weight is 545 g/mol. The summed E-state index contributed by atoms with van der Waals surface area (Å²) >= 11 is 12.4. The number of fused-ring (bicyclic) bond motifs is 1. The first-order valence-corrected chi connectivity index (χ1v) is 13.2. The van der Waals surface area contributed by atoms with Gasteiger partial charge in [-0.05, 0) is 85.5 Å². The highest BCUT2D eigenvalue weighted by Gasteiger charge is 2.12. The lowest BCUT2D eigenvalue weighted by Crippen LogP contribution is -2.08. The highest BCUT2D eigenvalue weighted by molar-refractivity contribution is 6.43. The van der Waals surface area contributed by atoms with Gasteiger partial charge in [-0.2, -0.15) is 4.80 Å². The van der Waals surface area contributed by atoms with E-state index in [1.54, 1.807) is 35.1 Å². The predicted octanol–water partition coefficient (Wildman–Crippen LogP) is 8.29. The number of carbonyl (C=O) groups is 1. The minimum absolute atomic E-state index is 0.291. The molecule has 0 aliphatic carbocycles. The summed E-state index contributed by atoms with van der Waals surface area (Å²) in [5, 5.41) is 13.0. The second-order valence-corrected chi connectivity index (χ2v) is 9.83. The van der Waals surface area contributed by atoms with Crippen LogP contribution in [0.25, 0.3) is 34.1 Å². The zero-order valence-electron chi connectivity index (χ0n) is 21.0. The van der Waals surface area contributed by atoms with Crippen molar-refractivity contribution in [1.82, 2.24) is 15.0 Å². The lowest BCUT2D eigenvalue weighted by atomic mass is 10.1. The van der Waals surface area contributed by atoms with E-state index in [0.717, 1.165) is 23.2 Å². The Hall–Kier alpha value is -3.87. The van der Waals surface area contributed by atoms with E-state index in [1.807, 2.05) is 37.3 Å². The smallest absolute Gasteiger partial charge is 0.248 e. The van der Waals surface area contributed by atoms with Gasteiger partial charge in [-0.1, -0.05) is 54.7 Å². The van der Waals surface area contributed by atoms with E-state index in [4.69, 9.17) is 27.6 Å². The Balaban J connectivity index is 1.29. The summed E-state index contributed by atoms with van der Waals surface area (Å²) in [6, 6.07) is 21.0. The van der Waals surface area contributed by atoms with Gasteiger partial charge in [0.2, 0.25) is 5.91 Å². The molecule has 0 saturated carbocycles. The van der Waals surface area contributed by atoms with Crippen LogP contribution in [0.1, 0.15) is 36.7 Å². The van der Waals surface area contributed by atoms with Crippen molar-refractivity contribution in [3.05, 3.63) is 99.7 Å². The van der Waals surface area contributed by atoms with E-state index in [1.165, 1.54) is 24.5 Å². The van der Waals surface area contributed by atoms with Gasteiger partial charge in [0.15, 0.2) is 0 Å². The van der Waals surface area contributed by atoms with Crippen LogP contribution < -0.4 is 5.32 Å². The first kappa shape index (κ1) is 25.8. The summed E-state index contributed by atoms with van der Waals surface area (Å²) < 4.78 is 5.83. The molecular formula is C30H26Cl2N4O2. The first-order chi connectivity index (χ1) is 18.4. The molecule has 0 unspecified atom stereocenters. The molecule has 0 fully saturated rings. The van der Waals surface area contributed by atoms with Crippen molar-refractivity contribution in [2.45, 2.75) is 33.1 Å². The molecule has 0 aliphatic rings. The molecule has 192 valence electrons. The topological polar surface area (TPSA) is 73.0 Å². The normalized spacial score (nSPS) is 11.5. The molecule has 3 aromatic carbocycles. The molecule has 0 aliphatic heterocycles. The zero-order chi connectivity index (χ0) is 26.6. The highest BCUT2D eigenvalue weighted by Crippen LogP contribution is 2.34. The number of amides is 1. The molecule has 6 nitrogen and oxygen atoms in total. The second-order valence-electron chi connectivity index (χ2n) is 9.04. The fourth-order valence-electron chi connectivity index (χ4n) is 4.11. The van der Waals surface area contributed by atoms with Crippen LogP contribution in [0, 0.1) is 6.92 Å². The Labute approximate surface area is 230 Å². The number of benzene rings is 3. The minimum atomic E-state index is -0.291. The first-order valence-electron chi connectivity index (χ1n) is 12.4. The molecule has 2 heterocycles. The lowest BCUT2D eigenvalue weighted by molar-refractivity contribution is -0.111. The number of aryl methyl sites for hydroxylation is 2. The van der Waals surface area contributed by atoms with Gasteiger partial charge in [-0.25, -0.2) is 0 Å². The maximum atomic E-state index is 12.7. The molecule has 1 N–H and O–H groups in total. The fraction of sp³-hybridized carbons (Fsp3) is 0.167. The van der Waals surface area contributed by atoms with Gasteiger partial charge in [-0.15, -0.1) is 10.2 Å². The van der Waals surface area contributed by atoms with Crippen LogP contribution >= 0.6 is 23.2 Å². The third-order valence-electron chi connectivity index (χ3n) is 6.21. The summed E-state index contributed by atoms with van der Waals surface area (Å²) in [4.78, 5) is 14.3. The van der Waals surface area contributed by atoms with Crippen LogP contribution in [-0.2, 0) is 11.2 Å². The van der Waals surface area contributed by atoms with E-state index in [-0.39, 0.29) is 5.91 Å². The molecule has 38 heavy (non-hydrogen) atoms. The van der Waals surface area contributed by atoms with E-state index in [0.29, 0.717) is 38.3 Å². The van der Waals surface area contributed by atoms with Crippen LogP contribution in [0.15, 0.2) is 77.2 Å². The summed E-state index contributed by atoms with van der Waals surface area (Å²) in [5.74, 6) is 0.792. The van der Waals surface area contributed by atoms with Gasteiger partial charge in [-0.3, -0.25) is 4.79 Å². The fourth-order valence-corrected chi connectivity index (χ4v) is 4.50. The molecule has 1 amide bonds. The summed E-state index contributed by atoms with van der Waals surface area (Å²) in [5.41, 5.74) is 5.89. The number of nitrogens with one attached hydrogen (secondary N) is 1.